The average Bonchev–Trinajstić information content (AvgIpc) is 2.84. The van der Waals surface area contributed by atoms with Gasteiger partial charge in [0.15, 0.2) is 0 Å². The van der Waals surface area contributed by atoms with Gasteiger partial charge in [0, 0.05) is 50.1 Å². The highest BCUT2D eigenvalue weighted by Gasteiger charge is 2.34. The van der Waals surface area contributed by atoms with Crippen molar-refractivity contribution >= 4 is 11.8 Å². The standard InChI is InChI=1S/C24H24N4O4/c1-17(29)28-14-13-27(16-21(28)20-9-3-4-10-22(20)31-2)23(30)18-7-5-8-19(15-18)32-24-25-11-6-12-26-24/h3-12,15,21H,13-14,16H2,1-2H3. The number of nitrogens with zero attached hydrogens (tertiary/aromatic N) is 4. The third kappa shape index (κ3) is 4.54. The molecule has 0 radical (unpaired) electrons. The molecule has 0 aliphatic carbocycles. The summed E-state index contributed by atoms with van der Waals surface area (Å²) in [6, 6.07) is 16.1. The smallest absolute Gasteiger partial charge is 0.321 e. The van der Waals surface area contributed by atoms with Gasteiger partial charge in [0.2, 0.25) is 5.91 Å². The predicted molar refractivity (Wildman–Crippen MR) is 118 cm³/mol. The summed E-state index contributed by atoms with van der Waals surface area (Å²) in [5, 5.41) is 0. The van der Waals surface area contributed by atoms with Crippen LogP contribution in [-0.4, -0.2) is 58.3 Å². The lowest BCUT2D eigenvalue weighted by Gasteiger charge is -2.41. The minimum Gasteiger partial charge on any atom is -0.496 e. The van der Waals surface area contributed by atoms with Gasteiger partial charge in [0.25, 0.3) is 5.91 Å². The van der Waals surface area contributed by atoms with Crippen molar-refractivity contribution in [1.29, 1.82) is 0 Å². The molecule has 164 valence electrons. The number of piperazine rings is 1. The largest absolute Gasteiger partial charge is 0.496 e. The molecule has 1 aromatic heterocycles. The lowest BCUT2D eigenvalue weighted by molar-refractivity contribution is -0.133. The molecule has 0 bridgehead atoms. The van der Waals surface area contributed by atoms with Gasteiger partial charge in [0.05, 0.1) is 13.2 Å². The summed E-state index contributed by atoms with van der Waals surface area (Å²) >= 11 is 0. The van der Waals surface area contributed by atoms with Gasteiger partial charge < -0.3 is 19.3 Å². The first-order valence-electron chi connectivity index (χ1n) is 10.3. The van der Waals surface area contributed by atoms with E-state index in [1.807, 2.05) is 24.3 Å². The molecule has 1 aliphatic heterocycles. The molecule has 0 saturated carbocycles. The van der Waals surface area contributed by atoms with Crippen molar-refractivity contribution in [3.05, 3.63) is 78.1 Å². The molecule has 1 fully saturated rings. The maximum Gasteiger partial charge on any atom is 0.321 e. The first-order chi connectivity index (χ1) is 15.6. The van der Waals surface area contributed by atoms with Gasteiger partial charge in [-0.2, -0.15) is 0 Å². The summed E-state index contributed by atoms with van der Waals surface area (Å²) in [7, 11) is 1.60. The first kappa shape index (κ1) is 21.3. The SMILES string of the molecule is COc1ccccc1C1CN(C(=O)c2cccc(Oc3ncccn3)c2)CCN1C(C)=O. The van der Waals surface area contributed by atoms with Gasteiger partial charge in [-0.25, -0.2) is 9.97 Å². The fraction of sp³-hybridized carbons (Fsp3) is 0.250. The maximum absolute atomic E-state index is 13.3. The monoisotopic (exact) mass is 432 g/mol. The van der Waals surface area contributed by atoms with Gasteiger partial charge in [-0.3, -0.25) is 9.59 Å². The number of carbonyl (C=O) groups excluding carboxylic acids is 2. The number of amides is 2. The zero-order chi connectivity index (χ0) is 22.5. The second-order valence-electron chi connectivity index (χ2n) is 7.38. The molecule has 1 atom stereocenters. The van der Waals surface area contributed by atoms with E-state index >= 15 is 0 Å². The highest BCUT2D eigenvalue weighted by molar-refractivity contribution is 5.95. The van der Waals surface area contributed by atoms with E-state index in [1.165, 1.54) is 0 Å². The molecular weight excluding hydrogens is 408 g/mol. The Morgan fingerprint density at radius 3 is 2.53 bits per heavy atom. The summed E-state index contributed by atoms with van der Waals surface area (Å²) in [6.45, 7) is 2.80. The minimum absolute atomic E-state index is 0.0359. The third-order valence-corrected chi connectivity index (χ3v) is 5.40. The summed E-state index contributed by atoms with van der Waals surface area (Å²) in [4.78, 5) is 37.3. The fourth-order valence-electron chi connectivity index (χ4n) is 3.87. The Bertz CT molecular complexity index is 1110. The van der Waals surface area contributed by atoms with Crippen molar-refractivity contribution in [2.45, 2.75) is 13.0 Å². The number of carbonyl (C=O) groups is 2. The number of hydrogen-bond donors (Lipinski definition) is 0. The molecule has 8 nitrogen and oxygen atoms in total. The van der Waals surface area contributed by atoms with Crippen molar-refractivity contribution < 1.29 is 19.1 Å². The van der Waals surface area contributed by atoms with Crippen molar-refractivity contribution in [3.8, 4) is 17.5 Å². The Morgan fingerprint density at radius 2 is 1.78 bits per heavy atom. The second kappa shape index (κ2) is 9.47. The molecule has 2 heterocycles. The van der Waals surface area contributed by atoms with Gasteiger partial charge in [-0.05, 0) is 30.3 Å². The molecular formula is C24H24N4O4. The van der Waals surface area contributed by atoms with E-state index in [1.54, 1.807) is 66.6 Å². The third-order valence-electron chi connectivity index (χ3n) is 5.40. The fourth-order valence-corrected chi connectivity index (χ4v) is 3.87. The molecule has 1 saturated heterocycles. The molecule has 8 heteroatoms. The van der Waals surface area contributed by atoms with Crippen LogP contribution in [0.3, 0.4) is 0 Å². The average molecular weight is 432 g/mol. The number of methoxy groups -OCH3 is 1. The van der Waals surface area contributed by atoms with E-state index in [-0.39, 0.29) is 23.9 Å². The summed E-state index contributed by atoms with van der Waals surface area (Å²) in [5.41, 5.74) is 1.37. The highest BCUT2D eigenvalue weighted by atomic mass is 16.5. The van der Waals surface area contributed by atoms with Crippen LogP contribution in [-0.2, 0) is 4.79 Å². The van der Waals surface area contributed by atoms with E-state index in [0.717, 1.165) is 5.56 Å². The zero-order valence-corrected chi connectivity index (χ0v) is 18.0. The summed E-state index contributed by atoms with van der Waals surface area (Å²) in [5.74, 6) is 1.00. The van der Waals surface area contributed by atoms with Gasteiger partial charge in [-0.1, -0.05) is 24.3 Å². The number of rotatable bonds is 5. The number of ether oxygens (including phenoxy) is 2. The van der Waals surface area contributed by atoms with Gasteiger partial charge in [0.1, 0.15) is 11.5 Å². The molecule has 2 aromatic carbocycles. The second-order valence-corrected chi connectivity index (χ2v) is 7.38. The Labute approximate surface area is 186 Å². The summed E-state index contributed by atoms with van der Waals surface area (Å²) < 4.78 is 11.2. The number of benzene rings is 2. The molecule has 3 aromatic rings. The lowest BCUT2D eigenvalue weighted by atomic mass is 10.00. The Kier molecular flexibility index (Phi) is 6.30. The van der Waals surface area contributed by atoms with E-state index in [2.05, 4.69) is 9.97 Å². The van der Waals surface area contributed by atoms with Crippen LogP contribution in [0.4, 0.5) is 0 Å². The number of aromatic nitrogens is 2. The molecule has 1 aliphatic rings. The van der Waals surface area contributed by atoms with Crippen LogP contribution in [0.5, 0.6) is 17.5 Å². The Morgan fingerprint density at radius 1 is 1.00 bits per heavy atom. The van der Waals surface area contributed by atoms with E-state index < -0.39 is 0 Å². The van der Waals surface area contributed by atoms with Crippen LogP contribution < -0.4 is 9.47 Å². The number of hydrogen-bond acceptors (Lipinski definition) is 6. The summed E-state index contributed by atoms with van der Waals surface area (Å²) in [6.07, 6.45) is 3.17. The quantitative estimate of drug-likeness (QED) is 0.615. The van der Waals surface area contributed by atoms with Crippen LogP contribution in [0.2, 0.25) is 0 Å². The zero-order valence-electron chi connectivity index (χ0n) is 18.0. The van der Waals surface area contributed by atoms with Crippen LogP contribution in [0.1, 0.15) is 28.9 Å². The molecule has 0 spiro atoms. The Hall–Kier alpha value is -3.94. The minimum atomic E-state index is -0.293. The van der Waals surface area contributed by atoms with E-state index in [4.69, 9.17) is 9.47 Å². The van der Waals surface area contributed by atoms with Crippen LogP contribution in [0.25, 0.3) is 0 Å². The van der Waals surface area contributed by atoms with Crippen molar-refractivity contribution in [2.24, 2.45) is 0 Å². The molecule has 2 amide bonds. The van der Waals surface area contributed by atoms with Crippen molar-refractivity contribution in [3.63, 3.8) is 0 Å². The van der Waals surface area contributed by atoms with Crippen LogP contribution >= 0.6 is 0 Å². The van der Waals surface area contributed by atoms with Crippen molar-refractivity contribution in [1.82, 2.24) is 19.8 Å². The van der Waals surface area contributed by atoms with Gasteiger partial charge in [-0.15, -0.1) is 0 Å². The maximum atomic E-state index is 13.3. The van der Waals surface area contributed by atoms with E-state index in [9.17, 15) is 9.59 Å². The Balaban J connectivity index is 1.57. The van der Waals surface area contributed by atoms with Crippen LogP contribution in [0, 0.1) is 0 Å². The normalized spacial score (nSPS) is 15.9. The number of para-hydroxylation sites is 1. The van der Waals surface area contributed by atoms with Crippen molar-refractivity contribution in [2.75, 3.05) is 26.7 Å². The highest BCUT2D eigenvalue weighted by Crippen LogP contribution is 2.33. The molecule has 1 unspecified atom stereocenters. The lowest BCUT2D eigenvalue weighted by Crippen LogP contribution is -2.51. The van der Waals surface area contributed by atoms with Crippen LogP contribution in [0.15, 0.2) is 67.0 Å². The molecule has 32 heavy (non-hydrogen) atoms. The van der Waals surface area contributed by atoms with Gasteiger partial charge >= 0.3 is 6.01 Å². The predicted octanol–water partition coefficient (Wildman–Crippen LogP) is 3.32. The molecule has 0 N–H and O–H groups in total. The first-order valence-corrected chi connectivity index (χ1v) is 10.3. The molecule has 4 rings (SSSR count). The topological polar surface area (TPSA) is 84.9 Å². The van der Waals surface area contributed by atoms with E-state index in [0.29, 0.717) is 36.7 Å².